The SMILES string of the molecule is COc1cccnc1/C=C/C(C)=O. The highest BCUT2D eigenvalue weighted by molar-refractivity contribution is 5.91. The van der Waals surface area contributed by atoms with Crippen LogP contribution in [0.25, 0.3) is 6.08 Å². The molecule has 0 fully saturated rings. The van der Waals surface area contributed by atoms with Gasteiger partial charge in [0.05, 0.1) is 7.11 Å². The highest BCUT2D eigenvalue weighted by atomic mass is 16.5. The smallest absolute Gasteiger partial charge is 0.152 e. The van der Waals surface area contributed by atoms with Gasteiger partial charge in [0.25, 0.3) is 0 Å². The molecular formula is C10H11NO2. The number of methoxy groups -OCH3 is 1. The molecule has 13 heavy (non-hydrogen) atoms. The predicted molar refractivity (Wildman–Crippen MR) is 50.5 cm³/mol. The van der Waals surface area contributed by atoms with Crippen molar-refractivity contribution in [1.29, 1.82) is 0 Å². The Labute approximate surface area is 77.1 Å². The van der Waals surface area contributed by atoms with Crippen molar-refractivity contribution in [2.75, 3.05) is 7.11 Å². The van der Waals surface area contributed by atoms with Gasteiger partial charge in [-0.3, -0.25) is 9.78 Å². The van der Waals surface area contributed by atoms with E-state index in [1.807, 2.05) is 0 Å². The summed E-state index contributed by atoms with van der Waals surface area (Å²) < 4.78 is 5.05. The average Bonchev–Trinajstić information content (AvgIpc) is 2.15. The van der Waals surface area contributed by atoms with Crippen LogP contribution in [0.1, 0.15) is 12.6 Å². The summed E-state index contributed by atoms with van der Waals surface area (Å²) in [6.45, 7) is 1.49. The quantitative estimate of drug-likeness (QED) is 0.659. The van der Waals surface area contributed by atoms with E-state index in [9.17, 15) is 4.79 Å². The van der Waals surface area contributed by atoms with Crippen molar-refractivity contribution in [3.05, 3.63) is 30.1 Å². The van der Waals surface area contributed by atoms with Gasteiger partial charge in [0.1, 0.15) is 11.4 Å². The van der Waals surface area contributed by atoms with Crippen LogP contribution in [0.4, 0.5) is 0 Å². The second-order valence-electron chi connectivity index (χ2n) is 2.53. The van der Waals surface area contributed by atoms with Gasteiger partial charge in [-0.1, -0.05) is 0 Å². The van der Waals surface area contributed by atoms with Crippen molar-refractivity contribution in [2.45, 2.75) is 6.92 Å². The molecule has 0 saturated heterocycles. The van der Waals surface area contributed by atoms with E-state index >= 15 is 0 Å². The van der Waals surface area contributed by atoms with Gasteiger partial charge in [0.15, 0.2) is 5.78 Å². The van der Waals surface area contributed by atoms with Crippen LogP contribution < -0.4 is 4.74 Å². The fourth-order valence-electron chi connectivity index (χ4n) is 0.897. The zero-order chi connectivity index (χ0) is 9.68. The van der Waals surface area contributed by atoms with Crippen molar-refractivity contribution >= 4 is 11.9 Å². The van der Waals surface area contributed by atoms with E-state index < -0.39 is 0 Å². The minimum absolute atomic E-state index is 0.00675. The third-order valence-electron chi connectivity index (χ3n) is 1.50. The van der Waals surface area contributed by atoms with Crippen LogP contribution in [-0.2, 0) is 4.79 Å². The van der Waals surface area contributed by atoms with Gasteiger partial charge < -0.3 is 4.74 Å². The summed E-state index contributed by atoms with van der Waals surface area (Å²) in [4.78, 5) is 14.7. The Bertz CT molecular complexity index is 331. The molecule has 0 saturated carbocycles. The Morgan fingerprint density at radius 2 is 2.38 bits per heavy atom. The van der Waals surface area contributed by atoms with E-state index in [-0.39, 0.29) is 5.78 Å². The molecule has 0 amide bonds. The molecule has 0 aliphatic heterocycles. The molecule has 3 heteroatoms. The number of aromatic nitrogens is 1. The van der Waals surface area contributed by atoms with E-state index in [0.29, 0.717) is 11.4 Å². The number of allylic oxidation sites excluding steroid dienone is 1. The molecule has 1 aromatic heterocycles. The maximum atomic E-state index is 10.7. The Morgan fingerprint density at radius 3 is 3.00 bits per heavy atom. The number of hydrogen-bond acceptors (Lipinski definition) is 3. The van der Waals surface area contributed by atoms with Gasteiger partial charge in [-0.15, -0.1) is 0 Å². The van der Waals surface area contributed by atoms with Gasteiger partial charge >= 0.3 is 0 Å². The van der Waals surface area contributed by atoms with Crippen LogP contribution in [0.2, 0.25) is 0 Å². The number of carbonyl (C=O) groups is 1. The molecule has 68 valence electrons. The Kier molecular flexibility index (Phi) is 3.20. The van der Waals surface area contributed by atoms with E-state index in [1.54, 1.807) is 31.5 Å². The molecule has 0 aromatic carbocycles. The molecule has 1 heterocycles. The van der Waals surface area contributed by atoms with Crippen molar-refractivity contribution in [3.8, 4) is 5.75 Å². The van der Waals surface area contributed by atoms with E-state index in [2.05, 4.69) is 4.98 Å². The summed E-state index contributed by atoms with van der Waals surface area (Å²) in [7, 11) is 1.57. The number of nitrogens with zero attached hydrogens (tertiary/aromatic N) is 1. The van der Waals surface area contributed by atoms with Crippen LogP contribution in [0, 0.1) is 0 Å². The highest BCUT2D eigenvalue weighted by Gasteiger charge is 1.97. The number of ketones is 1. The first kappa shape index (κ1) is 9.45. The van der Waals surface area contributed by atoms with Gasteiger partial charge in [-0.25, -0.2) is 0 Å². The molecular weight excluding hydrogens is 166 g/mol. The van der Waals surface area contributed by atoms with Gasteiger partial charge in [0.2, 0.25) is 0 Å². The normalized spacial score (nSPS) is 10.3. The van der Waals surface area contributed by atoms with E-state index in [0.717, 1.165) is 0 Å². The minimum Gasteiger partial charge on any atom is -0.494 e. The predicted octanol–water partition coefficient (Wildman–Crippen LogP) is 1.69. The summed E-state index contributed by atoms with van der Waals surface area (Å²) in [5, 5.41) is 0. The third-order valence-corrected chi connectivity index (χ3v) is 1.50. The lowest BCUT2D eigenvalue weighted by Gasteiger charge is -2.01. The Morgan fingerprint density at radius 1 is 1.62 bits per heavy atom. The first-order valence-corrected chi connectivity index (χ1v) is 3.91. The van der Waals surface area contributed by atoms with Gasteiger partial charge in [-0.05, 0) is 31.2 Å². The summed E-state index contributed by atoms with van der Waals surface area (Å²) in [5.74, 6) is 0.660. The van der Waals surface area contributed by atoms with E-state index in [1.165, 1.54) is 13.0 Å². The van der Waals surface area contributed by atoms with Crippen LogP contribution in [0.15, 0.2) is 24.4 Å². The Hall–Kier alpha value is -1.64. The van der Waals surface area contributed by atoms with Crippen molar-refractivity contribution in [1.82, 2.24) is 4.98 Å². The first-order chi connectivity index (χ1) is 6.24. The lowest BCUT2D eigenvalue weighted by atomic mass is 10.3. The number of rotatable bonds is 3. The zero-order valence-electron chi connectivity index (χ0n) is 7.65. The van der Waals surface area contributed by atoms with Crippen molar-refractivity contribution in [2.24, 2.45) is 0 Å². The summed E-state index contributed by atoms with van der Waals surface area (Å²) in [5.41, 5.74) is 0.667. The molecule has 0 bridgehead atoms. The second kappa shape index (κ2) is 4.40. The molecule has 0 N–H and O–H groups in total. The zero-order valence-corrected chi connectivity index (χ0v) is 7.65. The van der Waals surface area contributed by atoms with E-state index in [4.69, 9.17) is 4.74 Å². The maximum absolute atomic E-state index is 10.7. The largest absolute Gasteiger partial charge is 0.494 e. The van der Waals surface area contributed by atoms with Crippen molar-refractivity contribution in [3.63, 3.8) is 0 Å². The first-order valence-electron chi connectivity index (χ1n) is 3.91. The Balaban J connectivity index is 2.93. The van der Waals surface area contributed by atoms with Gasteiger partial charge in [-0.2, -0.15) is 0 Å². The van der Waals surface area contributed by atoms with Crippen LogP contribution in [-0.4, -0.2) is 17.9 Å². The molecule has 0 aliphatic carbocycles. The fourth-order valence-corrected chi connectivity index (χ4v) is 0.897. The highest BCUT2D eigenvalue weighted by Crippen LogP contribution is 2.15. The van der Waals surface area contributed by atoms with Crippen molar-refractivity contribution < 1.29 is 9.53 Å². The number of ether oxygens (including phenoxy) is 1. The molecule has 0 spiro atoms. The standard InChI is InChI=1S/C10H11NO2/c1-8(12)5-6-9-10(13-2)4-3-7-11-9/h3-7H,1-2H3/b6-5+. The maximum Gasteiger partial charge on any atom is 0.152 e. The summed E-state index contributed by atoms with van der Waals surface area (Å²) >= 11 is 0. The van der Waals surface area contributed by atoms with Crippen LogP contribution in [0.5, 0.6) is 5.75 Å². The minimum atomic E-state index is -0.00675. The summed E-state index contributed by atoms with van der Waals surface area (Å²) in [6, 6.07) is 3.58. The van der Waals surface area contributed by atoms with Gasteiger partial charge in [0, 0.05) is 6.20 Å². The molecule has 0 radical (unpaired) electrons. The molecule has 0 aliphatic rings. The van der Waals surface area contributed by atoms with Crippen LogP contribution >= 0.6 is 0 Å². The number of pyridine rings is 1. The molecule has 1 aromatic rings. The molecule has 1 rings (SSSR count). The topological polar surface area (TPSA) is 39.2 Å². The second-order valence-corrected chi connectivity index (χ2v) is 2.53. The molecule has 0 unspecified atom stereocenters. The monoisotopic (exact) mass is 177 g/mol. The summed E-state index contributed by atoms with van der Waals surface area (Å²) in [6.07, 6.45) is 4.76. The fraction of sp³-hybridized carbons (Fsp3) is 0.200. The third kappa shape index (κ3) is 2.71. The molecule has 3 nitrogen and oxygen atoms in total. The average molecular weight is 177 g/mol. The van der Waals surface area contributed by atoms with Crippen LogP contribution in [0.3, 0.4) is 0 Å². The number of hydrogen-bond donors (Lipinski definition) is 0. The molecule has 0 atom stereocenters. The lowest BCUT2D eigenvalue weighted by Crippen LogP contribution is -1.90. The number of carbonyl (C=O) groups excluding carboxylic acids is 1. The lowest BCUT2D eigenvalue weighted by molar-refractivity contribution is -0.112.